The van der Waals surface area contributed by atoms with Gasteiger partial charge >= 0.3 is 7.82 Å². The number of hydrogen-bond acceptors (Lipinski definition) is 4. The SMILES string of the molecule is COP(=O)(OC)OC(Cl)(Cl)C(Br)Br. The minimum absolute atomic E-state index is 0.616. The summed E-state index contributed by atoms with van der Waals surface area (Å²) in [6, 6.07) is 0. The molecular formula is C4H7Br2Cl2O4P. The van der Waals surface area contributed by atoms with E-state index in [0.29, 0.717) is 0 Å². The normalized spacial score (nSPS) is 13.8. The maximum absolute atomic E-state index is 11.4. The highest BCUT2D eigenvalue weighted by atomic mass is 79.9. The van der Waals surface area contributed by atoms with Crippen molar-refractivity contribution in [2.24, 2.45) is 0 Å². The number of rotatable bonds is 5. The number of alkyl halides is 4. The molecule has 13 heavy (non-hydrogen) atoms. The molecule has 9 heteroatoms. The Hall–Kier alpha value is 1.65. The first kappa shape index (κ1) is 14.6. The summed E-state index contributed by atoms with van der Waals surface area (Å²) in [6.45, 7) is 0. The molecule has 0 aliphatic heterocycles. The summed E-state index contributed by atoms with van der Waals surface area (Å²) in [5, 5.41) is 0. The summed E-state index contributed by atoms with van der Waals surface area (Å²) in [5.41, 5.74) is 0. The Morgan fingerprint density at radius 3 is 1.92 bits per heavy atom. The van der Waals surface area contributed by atoms with Crippen molar-refractivity contribution in [2.75, 3.05) is 14.2 Å². The molecule has 0 spiro atoms. The van der Waals surface area contributed by atoms with Gasteiger partial charge in [-0.1, -0.05) is 55.1 Å². The van der Waals surface area contributed by atoms with E-state index in [9.17, 15) is 4.57 Å². The van der Waals surface area contributed by atoms with Gasteiger partial charge in [-0.15, -0.1) is 0 Å². The highest BCUT2D eigenvalue weighted by Gasteiger charge is 2.41. The molecule has 0 aromatic heterocycles. The van der Waals surface area contributed by atoms with E-state index in [-0.39, 0.29) is 0 Å². The molecule has 0 amide bonds. The van der Waals surface area contributed by atoms with Gasteiger partial charge in [-0.3, -0.25) is 9.05 Å². The highest BCUT2D eigenvalue weighted by Crippen LogP contribution is 2.55. The predicted molar refractivity (Wildman–Crippen MR) is 58.8 cm³/mol. The molecule has 0 saturated carbocycles. The van der Waals surface area contributed by atoms with Crippen molar-refractivity contribution in [1.29, 1.82) is 0 Å². The maximum Gasteiger partial charge on any atom is 0.476 e. The molecule has 0 saturated heterocycles. The smallest absolute Gasteiger partial charge is 0.290 e. The Kier molecular flexibility index (Phi) is 6.38. The lowest BCUT2D eigenvalue weighted by Gasteiger charge is -2.24. The van der Waals surface area contributed by atoms with Gasteiger partial charge in [0, 0.05) is 14.2 Å². The Balaban J connectivity index is 4.49. The van der Waals surface area contributed by atoms with Crippen LogP contribution >= 0.6 is 62.9 Å². The van der Waals surface area contributed by atoms with Crippen LogP contribution in [0, 0.1) is 0 Å². The Morgan fingerprint density at radius 2 is 1.69 bits per heavy atom. The first-order valence-electron chi connectivity index (χ1n) is 2.85. The molecule has 80 valence electrons. The summed E-state index contributed by atoms with van der Waals surface area (Å²) in [4.78, 5) is 0. The van der Waals surface area contributed by atoms with Gasteiger partial charge in [0.05, 0.1) is 0 Å². The lowest BCUT2D eigenvalue weighted by Crippen LogP contribution is -2.24. The quantitative estimate of drug-likeness (QED) is 0.539. The third-order valence-electron chi connectivity index (χ3n) is 0.935. The molecule has 0 aromatic rings. The van der Waals surface area contributed by atoms with Crippen molar-refractivity contribution >= 4 is 62.9 Å². The third-order valence-corrected chi connectivity index (χ3v) is 5.49. The van der Waals surface area contributed by atoms with Gasteiger partial charge in [0.2, 0.25) is 4.52 Å². The van der Waals surface area contributed by atoms with Crippen LogP contribution in [0.1, 0.15) is 0 Å². The van der Waals surface area contributed by atoms with Crippen molar-refractivity contribution in [3.63, 3.8) is 0 Å². The van der Waals surface area contributed by atoms with Crippen molar-refractivity contribution in [3.8, 4) is 0 Å². The zero-order valence-electron chi connectivity index (χ0n) is 6.67. The second-order valence-electron chi connectivity index (χ2n) is 1.77. The van der Waals surface area contributed by atoms with E-state index in [0.717, 1.165) is 14.2 Å². The van der Waals surface area contributed by atoms with E-state index >= 15 is 0 Å². The topological polar surface area (TPSA) is 44.8 Å². The van der Waals surface area contributed by atoms with E-state index in [2.05, 4.69) is 40.9 Å². The Bertz CT molecular complexity index is 204. The van der Waals surface area contributed by atoms with Crippen molar-refractivity contribution in [3.05, 3.63) is 0 Å². The monoisotopic (exact) mass is 378 g/mol. The van der Waals surface area contributed by atoms with Crippen LogP contribution in [-0.2, 0) is 18.1 Å². The van der Waals surface area contributed by atoms with E-state index in [1.165, 1.54) is 0 Å². The van der Waals surface area contributed by atoms with Gasteiger partial charge in [0.25, 0.3) is 0 Å². The molecule has 0 bridgehead atoms. The van der Waals surface area contributed by atoms with Crippen LogP contribution in [0.25, 0.3) is 0 Å². The van der Waals surface area contributed by atoms with Gasteiger partial charge in [-0.2, -0.15) is 0 Å². The molecule has 4 nitrogen and oxygen atoms in total. The molecule has 0 radical (unpaired) electrons. The van der Waals surface area contributed by atoms with Crippen LogP contribution in [0.3, 0.4) is 0 Å². The summed E-state index contributed by atoms with van der Waals surface area (Å²) >= 11 is 17.3. The zero-order chi connectivity index (χ0) is 10.7. The second-order valence-corrected chi connectivity index (χ2v) is 7.95. The first-order chi connectivity index (χ1) is 5.77. The highest BCUT2D eigenvalue weighted by molar-refractivity contribution is 9.24. The van der Waals surface area contributed by atoms with Gasteiger partial charge < -0.3 is 0 Å². The Morgan fingerprint density at radius 1 is 1.31 bits per heavy atom. The van der Waals surface area contributed by atoms with Crippen molar-refractivity contribution < 1.29 is 18.1 Å². The molecule has 0 rings (SSSR count). The minimum Gasteiger partial charge on any atom is -0.290 e. The van der Waals surface area contributed by atoms with Gasteiger partial charge in [0.1, 0.15) is 3.74 Å². The molecule has 0 N–H and O–H groups in total. The largest absolute Gasteiger partial charge is 0.476 e. The molecule has 0 aliphatic rings. The lowest BCUT2D eigenvalue weighted by atomic mass is 10.9. The van der Waals surface area contributed by atoms with E-state index in [1.807, 2.05) is 0 Å². The number of hydrogen-bond donors (Lipinski definition) is 0. The van der Waals surface area contributed by atoms with Crippen LogP contribution in [0.15, 0.2) is 0 Å². The van der Waals surface area contributed by atoms with E-state index < -0.39 is 16.1 Å². The van der Waals surface area contributed by atoms with Gasteiger partial charge in [0.15, 0.2) is 0 Å². The van der Waals surface area contributed by atoms with Crippen molar-refractivity contribution in [1.82, 2.24) is 0 Å². The molecule has 0 fully saturated rings. The summed E-state index contributed by atoms with van der Waals surface area (Å²) in [5.74, 6) is 0. The van der Waals surface area contributed by atoms with Crippen LogP contribution < -0.4 is 0 Å². The zero-order valence-corrected chi connectivity index (χ0v) is 12.2. The average Bonchev–Trinajstić information content (AvgIpc) is 2.03. The number of phosphoric acid groups is 1. The van der Waals surface area contributed by atoms with Crippen LogP contribution in [0.4, 0.5) is 0 Å². The molecule has 0 unspecified atom stereocenters. The Labute approximate surface area is 103 Å². The fourth-order valence-electron chi connectivity index (χ4n) is 0.338. The van der Waals surface area contributed by atoms with E-state index in [4.69, 9.17) is 27.7 Å². The predicted octanol–water partition coefficient (Wildman–Crippen LogP) is 3.65. The molecular weight excluding hydrogens is 374 g/mol. The van der Waals surface area contributed by atoms with Crippen LogP contribution in [0.5, 0.6) is 0 Å². The fourth-order valence-corrected chi connectivity index (χ4v) is 2.02. The summed E-state index contributed by atoms with van der Waals surface area (Å²) < 4.78 is 22.7. The van der Waals surface area contributed by atoms with Gasteiger partial charge in [-0.05, 0) is 0 Å². The fraction of sp³-hybridized carbons (Fsp3) is 1.00. The molecule has 0 aliphatic carbocycles. The van der Waals surface area contributed by atoms with E-state index in [1.54, 1.807) is 0 Å². The summed E-state index contributed by atoms with van der Waals surface area (Å²) in [7, 11) is -1.36. The average molecular weight is 381 g/mol. The third kappa shape index (κ3) is 4.80. The van der Waals surface area contributed by atoms with Crippen molar-refractivity contribution in [2.45, 2.75) is 8.26 Å². The summed E-state index contributed by atoms with van der Waals surface area (Å²) in [6.07, 6.45) is 0. The standard InChI is InChI=1S/C4H7Br2Cl2O4P/c1-10-13(9,11-2)12-4(7,8)3(5)6/h3H,1-2H3. The molecule has 0 heterocycles. The van der Waals surface area contributed by atoms with Gasteiger partial charge in [-0.25, -0.2) is 9.09 Å². The lowest BCUT2D eigenvalue weighted by molar-refractivity contribution is 0.129. The number of phosphoric ester groups is 1. The molecule has 0 aromatic carbocycles. The maximum atomic E-state index is 11.4. The minimum atomic E-state index is -3.68. The first-order valence-corrected chi connectivity index (χ1v) is 6.90. The van der Waals surface area contributed by atoms with Crippen LogP contribution in [0.2, 0.25) is 0 Å². The number of halogens is 4. The van der Waals surface area contributed by atoms with Crippen LogP contribution in [-0.4, -0.2) is 22.5 Å². The second kappa shape index (κ2) is 5.66. The molecule has 0 atom stereocenters.